The summed E-state index contributed by atoms with van der Waals surface area (Å²) in [5.74, 6) is 0.484. The molecular weight excluding hydrogens is 252 g/mol. The van der Waals surface area contributed by atoms with E-state index in [1.165, 1.54) is 5.01 Å². The van der Waals surface area contributed by atoms with Gasteiger partial charge in [-0.3, -0.25) is 4.79 Å². The molecule has 2 unspecified atom stereocenters. The van der Waals surface area contributed by atoms with Gasteiger partial charge < -0.3 is 5.32 Å². The summed E-state index contributed by atoms with van der Waals surface area (Å²) in [5, 5.41) is 12.9. The Morgan fingerprint density at radius 3 is 3.06 bits per heavy atom. The van der Waals surface area contributed by atoms with Gasteiger partial charge in [-0.05, 0) is 12.5 Å². The number of rotatable bonds is 3. The number of carbonyl (C=O) groups excluding carboxylic acids is 1. The summed E-state index contributed by atoms with van der Waals surface area (Å²) in [7, 11) is 0. The molecule has 0 radical (unpaired) electrons. The van der Waals surface area contributed by atoms with E-state index in [0.717, 1.165) is 17.7 Å². The van der Waals surface area contributed by atoms with Crippen molar-refractivity contribution in [2.75, 3.05) is 17.7 Å². The second-order valence-electron chi connectivity index (χ2n) is 4.36. The van der Waals surface area contributed by atoms with Crippen LogP contribution in [0.25, 0.3) is 0 Å². The zero-order valence-electron chi connectivity index (χ0n) is 9.71. The van der Waals surface area contributed by atoms with Crippen LogP contribution < -0.4 is 5.32 Å². The molecule has 1 aromatic rings. The van der Waals surface area contributed by atoms with Crippen molar-refractivity contribution in [2.24, 2.45) is 10.3 Å². The predicted octanol–water partition coefficient (Wildman–Crippen LogP) is 2.36. The average Bonchev–Trinajstić information content (AvgIpc) is 2.78. The summed E-state index contributed by atoms with van der Waals surface area (Å²) < 4.78 is 0. The number of nitrogens with zero attached hydrogens (tertiary/aromatic N) is 3. The van der Waals surface area contributed by atoms with Crippen molar-refractivity contribution in [3.05, 3.63) is 29.8 Å². The Balaban J connectivity index is 1.85. The number of halogens is 1. The highest BCUT2D eigenvalue weighted by Gasteiger charge is 2.42. The molecule has 0 aliphatic carbocycles. The molecule has 5 nitrogen and oxygen atoms in total. The van der Waals surface area contributed by atoms with Crippen molar-refractivity contribution in [1.29, 1.82) is 0 Å². The molecule has 0 spiro atoms. The van der Waals surface area contributed by atoms with Crippen LogP contribution in [0.2, 0.25) is 0 Å². The normalized spacial score (nSPS) is 24.7. The molecule has 1 aromatic carbocycles. The maximum atomic E-state index is 12.2. The molecule has 0 bridgehead atoms. The van der Waals surface area contributed by atoms with Gasteiger partial charge in [0, 0.05) is 23.7 Å². The van der Waals surface area contributed by atoms with Crippen LogP contribution in [0.15, 0.2) is 34.6 Å². The van der Waals surface area contributed by atoms with Crippen LogP contribution >= 0.6 is 11.6 Å². The number of fused-ring (bicyclic) bond motifs is 3. The van der Waals surface area contributed by atoms with E-state index in [4.69, 9.17) is 11.6 Å². The Bertz CT molecular complexity index is 505. The minimum absolute atomic E-state index is 0.0312. The smallest absolute Gasteiger partial charge is 0.269 e. The molecule has 18 heavy (non-hydrogen) atoms. The summed E-state index contributed by atoms with van der Waals surface area (Å²) in [6, 6.07) is 7.31. The van der Waals surface area contributed by atoms with Gasteiger partial charge in [-0.1, -0.05) is 23.4 Å². The number of hydrogen-bond donors (Lipinski definition) is 1. The molecule has 0 saturated carbocycles. The van der Waals surface area contributed by atoms with Gasteiger partial charge in [0.05, 0.1) is 0 Å². The lowest BCUT2D eigenvalue weighted by molar-refractivity contribution is -0.134. The number of hydrogen-bond acceptors (Lipinski definition) is 4. The van der Waals surface area contributed by atoms with Crippen LogP contribution in [0, 0.1) is 0 Å². The Hall–Kier alpha value is -1.62. The van der Waals surface area contributed by atoms with E-state index in [2.05, 4.69) is 15.7 Å². The van der Waals surface area contributed by atoms with Crippen LogP contribution in [-0.4, -0.2) is 29.4 Å². The molecule has 94 valence electrons. The number of alkyl halides is 1. The lowest BCUT2D eigenvalue weighted by Gasteiger charge is -2.26. The van der Waals surface area contributed by atoms with Crippen molar-refractivity contribution in [3.63, 3.8) is 0 Å². The maximum Gasteiger partial charge on any atom is 0.269 e. The molecule has 2 aliphatic rings. The molecule has 0 aromatic heterocycles. The van der Waals surface area contributed by atoms with E-state index in [-0.39, 0.29) is 18.0 Å². The number of benzene rings is 1. The van der Waals surface area contributed by atoms with E-state index >= 15 is 0 Å². The monoisotopic (exact) mass is 264 g/mol. The summed E-state index contributed by atoms with van der Waals surface area (Å²) in [6.45, 7) is 0.521. The molecule has 0 saturated heterocycles. The van der Waals surface area contributed by atoms with Gasteiger partial charge in [-0.2, -0.15) is 5.11 Å². The third-order valence-electron chi connectivity index (χ3n) is 3.21. The largest absolute Gasteiger partial charge is 0.371 e. The number of para-hydroxylation sites is 1. The number of carbonyl (C=O) groups is 1. The second-order valence-corrected chi connectivity index (χ2v) is 4.74. The van der Waals surface area contributed by atoms with E-state index in [1.807, 2.05) is 24.3 Å². The highest BCUT2D eigenvalue weighted by molar-refractivity contribution is 6.17. The highest BCUT2D eigenvalue weighted by atomic mass is 35.5. The fourth-order valence-electron chi connectivity index (χ4n) is 2.33. The molecule has 2 aliphatic heterocycles. The van der Waals surface area contributed by atoms with Gasteiger partial charge in [-0.25, -0.2) is 5.01 Å². The third-order valence-corrected chi connectivity index (χ3v) is 3.48. The number of nitrogens with one attached hydrogen (secondary N) is 1. The van der Waals surface area contributed by atoms with Gasteiger partial charge in [0.25, 0.3) is 5.91 Å². The lowest BCUT2D eigenvalue weighted by atomic mass is 10.0. The summed E-state index contributed by atoms with van der Waals surface area (Å²) in [5.41, 5.74) is 2.01. The first-order valence-electron chi connectivity index (χ1n) is 5.95. The minimum Gasteiger partial charge on any atom is -0.371 e. The highest BCUT2D eigenvalue weighted by Crippen LogP contribution is 2.39. The Morgan fingerprint density at radius 1 is 1.39 bits per heavy atom. The number of amides is 1. The van der Waals surface area contributed by atoms with Crippen LogP contribution in [0.5, 0.6) is 0 Å². The van der Waals surface area contributed by atoms with Crippen LogP contribution in [0.3, 0.4) is 0 Å². The maximum absolute atomic E-state index is 12.2. The molecular formula is C12H13ClN4O. The Labute approximate surface area is 110 Å². The zero-order valence-corrected chi connectivity index (χ0v) is 10.5. The van der Waals surface area contributed by atoms with Crippen molar-refractivity contribution >= 4 is 23.2 Å². The fourth-order valence-corrected chi connectivity index (χ4v) is 2.44. The standard InChI is InChI=1S/C12H13ClN4O/c13-6-3-7-17-12(18)11-10(15-16-17)8-4-1-2-5-9(8)14-11/h1-2,4-5,10-11,14H,3,6-7H2. The Kier molecular flexibility index (Phi) is 2.91. The lowest BCUT2D eigenvalue weighted by Crippen LogP contribution is -2.43. The molecule has 1 N–H and O–H groups in total. The van der Waals surface area contributed by atoms with Crippen LogP contribution in [-0.2, 0) is 4.79 Å². The molecule has 3 rings (SSSR count). The molecule has 2 heterocycles. The van der Waals surface area contributed by atoms with Gasteiger partial charge in [0.2, 0.25) is 0 Å². The van der Waals surface area contributed by atoms with Gasteiger partial charge in [0.1, 0.15) is 12.1 Å². The van der Waals surface area contributed by atoms with E-state index in [0.29, 0.717) is 12.4 Å². The van der Waals surface area contributed by atoms with Crippen LogP contribution in [0.1, 0.15) is 18.0 Å². The first-order valence-corrected chi connectivity index (χ1v) is 6.48. The van der Waals surface area contributed by atoms with E-state index in [9.17, 15) is 4.79 Å². The van der Waals surface area contributed by atoms with Gasteiger partial charge in [-0.15, -0.1) is 11.6 Å². The van der Waals surface area contributed by atoms with Crippen LogP contribution in [0.4, 0.5) is 5.69 Å². The van der Waals surface area contributed by atoms with Crippen molar-refractivity contribution in [1.82, 2.24) is 5.01 Å². The summed E-state index contributed by atoms with van der Waals surface area (Å²) in [6.07, 6.45) is 0.719. The van der Waals surface area contributed by atoms with E-state index in [1.54, 1.807) is 0 Å². The minimum atomic E-state index is -0.324. The topological polar surface area (TPSA) is 57.1 Å². The average molecular weight is 265 g/mol. The molecule has 0 fully saturated rings. The first kappa shape index (κ1) is 11.5. The molecule has 6 heteroatoms. The van der Waals surface area contributed by atoms with Crippen molar-refractivity contribution in [2.45, 2.75) is 18.5 Å². The fraction of sp³-hybridized carbons (Fsp3) is 0.417. The third kappa shape index (κ3) is 1.75. The molecule has 1 amide bonds. The quantitative estimate of drug-likeness (QED) is 0.852. The predicted molar refractivity (Wildman–Crippen MR) is 68.5 cm³/mol. The Morgan fingerprint density at radius 2 is 2.22 bits per heavy atom. The SMILES string of the molecule is O=C1C2Nc3ccccc3C2N=NN1CCCCl. The second kappa shape index (κ2) is 4.57. The van der Waals surface area contributed by atoms with Crippen molar-refractivity contribution < 1.29 is 4.79 Å². The zero-order chi connectivity index (χ0) is 12.5. The first-order chi connectivity index (χ1) is 8.81. The summed E-state index contributed by atoms with van der Waals surface area (Å²) in [4.78, 5) is 12.2. The summed E-state index contributed by atoms with van der Waals surface area (Å²) >= 11 is 5.63. The van der Waals surface area contributed by atoms with Gasteiger partial charge in [0.15, 0.2) is 0 Å². The van der Waals surface area contributed by atoms with Crippen molar-refractivity contribution in [3.8, 4) is 0 Å². The number of anilines is 1. The molecule has 2 atom stereocenters. The van der Waals surface area contributed by atoms with E-state index < -0.39 is 0 Å². The van der Waals surface area contributed by atoms with Gasteiger partial charge >= 0.3 is 0 Å².